The van der Waals surface area contributed by atoms with Crippen LogP contribution in [-0.2, 0) is 14.8 Å². The van der Waals surface area contributed by atoms with Gasteiger partial charge in [-0.05, 0) is 25.0 Å². The van der Waals surface area contributed by atoms with Gasteiger partial charge in [0.2, 0.25) is 15.9 Å². The van der Waals surface area contributed by atoms with Crippen LogP contribution >= 0.6 is 11.6 Å². The maximum absolute atomic E-state index is 12.0. The molecule has 1 aromatic rings. The Kier molecular flexibility index (Phi) is 7.31. The number of anilines is 1. The molecule has 6 nitrogen and oxygen atoms in total. The van der Waals surface area contributed by atoms with Gasteiger partial charge in [0.05, 0.1) is 18.6 Å². The molecule has 0 spiro atoms. The smallest absolute Gasteiger partial charge is 0.224 e. The third kappa shape index (κ3) is 5.67. The number of amides is 1. The number of aryl methyl sites for hydroxylation is 1. The van der Waals surface area contributed by atoms with E-state index in [9.17, 15) is 13.2 Å². The molecule has 1 amide bonds. The number of nitrogens with zero attached hydrogens (tertiary/aromatic N) is 1. The van der Waals surface area contributed by atoms with Gasteiger partial charge < -0.3 is 9.64 Å². The van der Waals surface area contributed by atoms with Crippen LogP contribution in [0.25, 0.3) is 0 Å². The molecule has 0 aromatic heterocycles. The molecule has 1 rings (SSSR count). The number of hydrogen-bond donors (Lipinski definition) is 1. The fraction of sp³-hybridized carbons (Fsp3) is 0.533. The van der Waals surface area contributed by atoms with Crippen LogP contribution in [0.5, 0.6) is 5.75 Å². The zero-order valence-electron chi connectivity index (χ0n) is 13.8. The van der Waals surface area contributed by atoms with E-state index in [0.717, 1.165) is 5.56 Å². The lowest BCUT2D eigenvalue weighted by atomic mass is 10.2. The molecule has 8 heteroatoms. The summed E-state index contributed by atoms with van der Waals surface area (Å²) < 4.78 is 31.1. The maximum atomic E-state index is 12.0. The molecule has 0 unspecified atom stereocenters. The number of benzene rings is 1. The molecule has 1 N–H and O–H groups in total. The standard InChI is InChI=1S/C15H23ClN2O4S/c1-5-8-23(20,21)17-6-7-18(12(3)19)14-9-11(2)13(16)10-15(14)22-4/h9-10,17H,5-8H2,1-4H3. The van der Waals surface area contributed by atoms with Gasteiger partial charge in [0.25, 0.3) is 0 Å². The van der Waals surface area contributed by atoms with Crippen LogP contribution < -0.4 is 14.4 Å². The summed E-state index contributed by atoms with van der Waals surface area (Å²) in [5, 5.41) is 0.540. The summed E-state index contributed by atoms with van der Waals surface area (Å²) >= 11 is 6.07. The molecular weight excluding hydrogens is 340 g/mol. The van der Waals surface area contributed by atoms with E-state index in [4.69, 9.17) is 16.3 Å². The highest BCUT2D eigenvalue weighted by atomic mass is 35.5. The van der Waals surface area contributed by atoms with E-state index in [1.54, 1.807) is 19.1 Å². The second kappa shape index (κ2) is 8.52. The average Bonchev–Trinajstić information content (AvgIpc) is 2.45. The van der Waals surface area contributed by atoms with Gasteiger partial charge in [0.1, 0.15) is 5.75 Å². The van der Waals surface area contributed by atoms with Crippen LogP contribution in [0.2, 0.25) is 5.02 Å². The summed E-state index contributed by atoms with van der Waals surface area (Å²) in [6.07, 6.45) is 0.538. The van der Waals surface area contributed by atoms with Crippen LogP contribution in [0.3, 0.4) is 0 Å². The molecule has 0 bridgehead atoms. The van der Waals surface area contributed by atoms with E-state index in [2.05, 4.69) is 4.72 Å². The summed E-state index contributed by atoms with van der Waals surface area (Å²) in [4.78, 5) is 13.4. The number of rotatable bonds is 8. The molecular formula is C15H23ClN2O4S. The van der Waals surface area contributed by atoms with Crippen molar-refractivity contribution >= 4 is 33.2 Å². The predicted molar refractivity (Wildman–Crippen MR) is 92.8 cm³/mol. The van der Waals surface area contributed by atoms with Crippen LogP contribution in [0.4, 0.5) is 5.69 Å². The third-order valence-electron chi connectivity index (χ3n) is 3.26. The van der Waals surface area contributed by atoms with Crippen molar-refractivity contribution in [1.82, 2.24) is 4.72 Å². The Morgan fingerprint density at radius 2 is 2.04 bits per heavy atom. The van der Waals surface area contributed by atoms with Crippen molar-refractivity contribution in [3.05, 3.63) is 22.7 Å². The van der Waals surface area contributed by atoms with Gasteiger partial charge >= 0.3 is 0 Å². The minimum absolute atomic E-state index is 0.0659. The van der Waals surface area contributed by atoms with E-state index >= 15 is 0 Å². The lowest BCUT2D eigenvalue weighted by Crippen LogP contribution is -2.38. The summed E-state index contributed by atoms with van der Waals surface area (Å²) in [5.74, 6) is 0.322. The van der Waals surface area contributed by atoms with E-state index in [0.29, 0.717) is 22.9 Å². The number of hydrogen-bond acceptors (Lipinski definition) is 4. The summed E-state index contributed by atoms with van der Waals surface area (Å²) in [6, 6.07) is 3.40. The molecule has 0 radical (unpaired) electrons. The molecule has 0 aliphatic rings. The summed E-state index contributed by atoms with van der Waals surface area (Å²) in [5.41, 5.74) is 1.37. The molecule has 0 saturated carbocycles. The quantitative estimate of drug-likeness (QED) is 0.770. The first kappa shape index (κ1) is 19.7. The molecule has 0 fully saturated rings. The number of halogens is 1. The van der Waals surface area contributed by atoms with Gasteiger partial charge in [-0.15, -0.1) is 0 Å². The first-order valence-electron chi connectivity index (χ1n) is 7.31. The van der Waals surface area contributed by atoms with Gasteiger partial charge in [-0.1, -0.05) is 18.5 Å². The van der Waals surface area contributed by atoms with Crippen molar-refractivity contribution in [1.29, 1.82) is 0 Å². The number of sulfonamides is 1. The number of carbonyl (C=O) groups is 1. The van der Waals surface area contributed by atoms with Crippen LogP contribution in [0.1, 0.15) is 25.8 Å². The minimum atomic E-state index is -3.31. The molecule has 1 aromatic carbocycles. The van der Waals surface area contributed by atoms with E-state index in [1.165, 1.54) is 18.9 Å². The molecule has 23 heavy (non-hydrogen) atoms. The Labute approximate surface area is 142 Å². The maximum Gasteiger partial charge on any atom is 0.224 e. The van der Waals surface area contributed by atoms with Crippen LogP contribution in [-0.4, -0.2) is 40.3 Å². The second-order valence-corrected chi connectivity index (χ2v) is 7.49. The van der Waals surface area contributed by atoms with Gasteiger partial charge in [-0.25, -0.2) is 13.1 Å². The van der Waals surface area contributed by atoms with Crippen LogP contribution in [0.15, 0.2) is 12.1 Å². The molecule has 0 atom stereocenters. The van der Waals surface area contributed by atoms with E-state index < -0.39 is 10.0 Å². The SMILES string of the molecule is CCCS(=O)(=O)NCCN(C(C)=O)c1cc(C)c(Cl)cc1OC. The number of methoxy groups -OCH3 is 1. The predicted octanol–water partition coefficient (Wildman–Crippen LogP) is 2.34. The summed E-state index contributed by atoms with van der Waals surface area (Å²) in [6.45, 7) is 5.38. The zero-order chi connectivity index (χ0) is 17.6. The highest BCUT2D eigenvalue weighted by molar-refractivity contribution is 7.89. The van der Waals surface area contributed by atoms with Crippen LogP contribution in [0, 0.1) is 6.92 Å². The molecule has 0 saturated heterocycles. The number of carbonyl (C=O) groups excluding carboxylic acids is 1. The van der Waals surface area contributed by atoms with Crippen molar-refractivity contribution in [3.8, 4) is 5.75 Å². The largest absolute Gasteiger partial charge is 0.495 e. The Bertz CT molecular complexity index is 662. The first-order valence-corrected chi connectivity index (χ1v) is 9.34. The molecule has 0 aliphatic heterocycles. The fourth-order valence-electron chi connectivity index (χ4n) is 2.12. The molecule has 0 aliphatic carbocycles. The molecule has 0 heterocycles. The normalized spacial score (nSPS) is 11.3. The summed E-state index contributed by atoms with van der Waals surface area (Å²) in [7, 11) is -1.81. The van der Waals surface area contributed by atoms with Gasteiger partial charge in [0, 0.05) is 31.1 Å². The zero-order valence-corrected chi connectivity index (χ0v) is 15.4. The van der Waals surface area contributed by atoms with E-state index in [-0.39, 0.29) is 24.7 Å². The van der Waals surface area contributed by atoms with Crippen molar-refractivity contribution in [2.45, 2.75) is 27.2 Å². The average molecular weight is 363 g/mol. The van der Waals surface area contributed by atoms with Gasteiger partial charge in [0.15, 0.2) is 0 Å². The Balaban J connectivity index is 2.96. The topological polar surface area (TPSA) is 75.7 Å². The molecule has 130 valence electrons. The lowest BCUT2D eigenvalue weighted by Gasteiger charge is -2.24. The highest BCUT2D eigenvalue weighted by Crippen LogP contribution is 2.33. The third-order valence-corrected chi connectivity index (χ3v) is 5.26. The van der Waals surface area contributed by atoms with Gasteiger partial charge in [-0.3, -0.25) is 4.79 Å². The van der Waals surface area contributed by atoms with Crippen molar-refractivity contribution in [2.24, 2.45) is 0 Å². The fourth-order valence-corrected chi connectivity index (χ4v) is 3.36. The van der Waals surface area contributed by atoms with Crippen molar-refractivity contribution in [2.75, 3.05) is 30.9 Å². The lowest BCUT2D eigenvalue weighted by molar-refractivity contribution is -0.116. The Hall–Kier alpha value is -1.31. The highest BCUT2D eigenvalue weighted by Gasteiger charge is 2.18. The van der Waals surface area contributed by atoms with Crippen molar-refractivity contribution in [3.63, 3.8) is 0 Å². The first-order chi connectivity index (χ1) is 10.7. The Morgan fingerprint density at radius 3 is 2.57 bits per heavy atom. The van der Waals surface area contributed by atoms with E-state index in [1.807, 2.05) is 6.92 Å². The minimum Gasteiger partial charge on any atom is -0.495 e. The Morgan fingerprint density at radius 1 is 1.39 bits per heavy atom. The second-order valence-electron chi connectivity index (χ2n) is 5.16. The number of nitrogens with one attached hydrogen (secondary N) is 1. The number of ether oxygens (including phenoxy) is 1. The van der Waals surface area contributed by atoms with Crippen molar-refractivity contribution < 1.29 is 17.9 Å². The monoisotopic (exact) mass is 362 g/mol. The van der Waals surface area contributed by atoms with Gasteiger partial charge in [-0.2, -0.15) is 0 Å².